The Morgan fingerprint density at radius 1 is 1.12 bits per heavy atom. The first kappa shape index (κ1) is 16.0. The van der Waals surface area contributed by atoms with Gasteiger partial charge < -0.3 is 9.64 Å². The van der Waals surface area contributed by atoms with Crippen LogP contribution in [0.15, 0.2) is 41.3 Å². The second-order valence-corrected chi connectivity index (χ2v) is 8.18. The van der Waals surface area contributed by atoms with Crippen LogP contribution in [0, 0.1) is 0 Å². The minimum absolute atomic E-state index is 0.213. The Bertz CT molecular complexity index is 762. The number of hydrogen-bond acceptors (Lipinski definition) is 5. The van der Waals surface area contributed by atoms with E-state index < -0.39 is 15.5 Å². The largest absolute Gasteiger partial charge is 0.378 e. The van der Waals surface area contributed by atoms with E-state index in [9.17, 15) is 4.21 Å². The SMILES string of the molecule is O=S(c1ccccc1)C1(c2cc(N3CCOCC3)nc(Cl)n2)CC1. The van der Waals surface area contributed by atoms with Crippen molar-refractivity contribution in [1.29, 1.82) is 0 Å². The molecule has 0 amide bonds. The monoisotopic (exact) mass is 363 g/mol. The zero-order valence-corrected chi connectivity index (χ0v) is 14.7. The van der Waals surface area contributed by atoms with Crippen LogP contribution in [0.2, 0.25) is 5.28 Å². The second-order valence-electron chi connectivity index (χ2n) is 6.06. The quantitative estimate of drug-likeness (QED) is 0.782. The average Bonchev–Trinajstić information content (AvgIpc) is 3.44. The zero-order chi connectivity index (χ0) is 16.6. The molecule has 0 bridgehead atoms. The minimum Gasteiger partial charge on any atom is -0.378 e. The van der Waals surface area contributed by atoms with E-state index in [1.807, 2.05) is 36.4 Å². The van der Waals surface area contributed by atoms with E-state index in [0.717, 1.165) is 42.3 Å². The summed E-state index contributed by atoms with van der Waals surface area (Å²) in [6.45, 7) is 2.92. The molecular weight excluding hydrogens is 346 g/mol. The van der Waals surface area contributed by atoms with Crippen molar-refractivity contribution >= 4 is 28.2 Å². The molecule has 0 N–H and O–H groups in total. The fourth-order valence-electron chi connectivity index (χ4n) is 3.01. The Hall–Kier alpha value is -1.50. The number of rotatable bonds is 4. The van der Waals surface area contributed by atoms with Crippen LogP contribution in [-0.2, 0) is 20.3 Å². The van der Waals surface area contributed by atoms with Crippen molar-refractivity contribution in [3.63, 3.8) is 0 Å². The number of ether oxygens (including phenoxy) is 1. The summed E-state index contributed by atoms with van der Waals surface area (Å²) in [5.41, 5.74) is 0.783. The third kappa shape index (κ3) is 2.94. The molecule has 1 unspecified atom stereocenters. The first-order chi connectivity index (χ1) is 11.7. The Labute approximate surface area is 148 Å². The van der Waals surface area contributed by atoms with Crippen molar-refractivity contribution in [3.05, 3.63) is 47.4 Å². The minimum atomic E-state index is -1.15. The molecule has 1 aromatic carbocycles. The lowest BCUT2D eigenvalue weighted by Crippen LogP contribution is -2.37. The lowest BCUT2D eigenvalue weighted by molar-refractivity contribution is 0.122. The van der Waals surface area contributed by atoms with Crippen molar-refractivity contribution in [3.8, 4) is 0 Å². The zero-order valence-electron chi connectivity index (χ0n) is 13.2. The van der Waals surface area contributed by atoms with Crippen LogP contribution >= 0.6 is 11.6 Å². The molecule has 1 saturated heterocycles. The number of hydrogen-bond donors (Lipinski definition) is 0. The van der Waals surface area contributed by atoms with Gasteiger partial charge in [-0.1, -0.05) is 18.2 Å². The lowest BCUT2D eigenvalue weighted by atomic mass is 10.2. The number of benzene rings is 1. The predicted octanol–water partition coefficient (Wildman–Crippen LogP) is 2.76. The van der Waals surface area contributed by atoms with Crippen LogP contribution in [0.25, 0.3) is 0 Å². The summed E-state index contributed by atoms with van der Waals surface area (Å²) in [6.07, 6.45) is 1.70. The highest BCUT2D eigenvalue weighted by Crippen LogP contribution is 2.52. The molecule has 1 aliphatic carbocycles. The summed E-state index contributed by atoms with van der Waals surface area (Å²) in [7, 11) is -1.15. The van der Waals surface area contributed by atoms with Crippen LogP contribution < -0.4 is 4.90 Å². The summed E-state index contributed by atoms with van der Waals surface area (Å²) in [5.74, 6) is 0.796. The summed E-state index contributed by atoms with van der Waals surface area (Å²) in [5, 5.41) is 0.213. The highest BCUT2D eigenvalue weighted by molar-refractivity contribution is 7.86. The normalized spacial score (nSPS) is 20.6. The van der Waals surface area contributed by atoms with Crippen molar-refractivity contribution in [2.75, 3.05) is 31.2 Å². The maximum absolute atomic E-state index is 13.1. The Morgan fingerprint density at radius 2 is 1.83 bits per heavy atom. The number of halogens is 1. The molecule has 126 valence electrons. The first-order valence-corrected chi connectivity index (χ1v) is 9.56. The van der Waals surface area contributed by atoms with E-state index in [4.69, 9.17) is 16.3 Å². The van der Waals surface area contributed by atoms with E-state index in [2.05, 4.69) is 14.9 Å². The third-order valence-electron chi connectivity index (χ3n) is 4.50. The molecule has 0 spiro atoms. The number of aromatic nitrogens is 2. The molecule has 4 rings (SSSR count). The molecule has 2 heterocycles. The molecule has 2 aromatic rings. The fourth-order valence-corrected chi connectivity index (χ4v) is 4.81. The van der Waals surface area contributed by atoms with Gasteiger partial charge in [0, 0.05) is 24.1 Å². The van der Waals surface area contributed by atoms with Crippen molar-refractivity contribution in [2.24, 2.45) is 0 Å². The number of nitrogens with zero attached hydrogens (tertiary/aromatic N) is 3. The second kappa shape index (κ2) is 6.43. The highest BCUT2D eigenvalue weighted by Gasteiger charge is 2.52. The molecule has 1 saturated carbocycles. The van der Waals surface area contributed by atoms with Gasteiger partial charge in [-0.15, -0.1) is 0 Å². The third-order valence-corrected chi connectivity index (χ3v) is 6.70. The highest BCUT2D eigenvalue weighted by atomic mass is 35.5. The van der Waals surface area contributed by atoms with E-state index in [-0.39, 0.29) is 5.28 Å². The van der Waals surface area contributed by atoms with Crippen molar-refractivity contribution in [2.45, 2.75) is 22.5 Å². The molecule has 5 nitrogen and oxygen atoms in total. The topological polar surface area (TPSA) is 55.3 Å². The summed E-state index contributed by atoms with van der Waals surface area (Å²) < 4.78 is 18.1. The van der Waals surface area contributed by atoms with Crippen molar-refractivity contribution in [1.82, 2.24) is 9.97 Å². The first-order valence-electron chi connectivity index (χ1n) is 8.04. The van der Waals surface area contributed by atoms with Gasteiger partial charge in [0.25, 0.3) is 0 Å². The molecule has 0 radical (unpaired) electrons. The van der Waals surface area contributed by atoms with Gasteiger partial charge in [-0.3, -0.25) is 4.21 Å². The molecular formula is C17H18ClN3O2S. The summed E-state index contributed by atoms with van der Waals surface area (Å²) in [6, 6.07) is 11.5. The average molecular weight is 364 g/mol. The van der Waals surface area contributed by atoms with Crippen LogP contribution in [0.1, 0.15) is 18.5 Å². The Kier molecular flexibility index (Phi) is 4.28. The molecule has 1 atom stereocenters. The van der Waals surface area contributed by atoms with Gasteiger partial charge >= 0.3 is 0 Å². The number of anilines is 1. The van der Waals surface area contributed by atoms with E-state index in [1.165, 1.54) is 0 Å². The maximum Gasteiger partial charge on any atom is 0.224 e. The molecule has 7 heteroatoms. The fraction of sp³-hybridized carbons (Fsp3) is 0.412. The maximum atomic E-state index is 13.1. The van der Waals surface area contributed by atoms with Crippen molar-refractivity contribution < 1.29 is 8.95 Å². The van der Waals surface area contributed by atoms with Gasteiger partial charge in [0.2, 0.25) is 5.28 Å². The van der Waals surface area contributed by atoms with E-state index in [0.29, 0.717) is 13.2 Å². The van der Waals surface area contributed by atoms with Gasteiger partial charge in [-0.05, 0) is 36.6 Å². The Morgan fingerprint density at radius 3 is 2.50 bits per heavy atom. The summed E-state index contributed by atoms with van der Waals surface area (Å²) in [4.78, 5) is 11.7. The molecule has 1 aliphatic heterocycles. The van der Waals surface area contributed by atoms with Gasteiger partial charge in [0.05, 0.1) is 34.5 Å². The van der Waals surface area contributed by atoms with E-state index >= 15 is 0 Å². The van der Waals surface area contributed by atoms with Gasteiger partial charge in [-0.25, -0.2) is 9.97 Å². The molecule has 24 heavy (non-hydrogen) atoms. The summed E-state index contributed by atoms with van der Waals surface area (Å²) >= 11 is 6.17. The standard InChI is InChI=1S/C17H18ClN3O2S/c18-16-19-14(12-15(20-16)21-8-10-23-11-9-21)17(6-7-17)24(22)13-4-2-1-3-5-13/h1-5,12H,6-11H2. The van der Waals surface area contributed by atoms with Crippen LogP contribution in [0.4, 0.5) is 5.82 Å². The smallest absolute Gasteiger partial charge is 0.224 e. The van der Waals surface area contributed by atoms with Gasteiger partial charge in [-0.2, -0.15) is 0 Å². The lowest BCUT2D eigenvalue weighted by Gasteiger charge is -2.28. The van der Waals surface area contributed by atoms with Crippen LogP contribution in [0.3, 0.4) is 0 Å². The van der Waals surface area contributed by atoms with Crippen LogP contribution in [-0.4, -0.2) is 40.5 Å². The molecule has 1 aromatic heterocycles. The van der Waals surface area contributed by atoms with Gasteiger partial charge in [0.15, 0.2) is 0 Å². The number of morpholine rings is 1. The molecule has 2 fully saturated rings. The molecule has 2 aliphatic rings. The van der Waals surface area contributed by atoms with E-state index in [1.54, 1.807) is 0 Å². The predicted molar refractivity (Wildman–Crippen MR) is 93.8 cm³/mol. The van der Waals surface area contributed by atoms with Crippen LogP contribution in [0.5, 0.6) is 0 Å². The Balaban J connectivity index is 1.68. The van der Waals surface area contributed by atoms with Gasteiger partial charge in [0.1, 0.15) is 5.82 Å².